The lowest BCUT2D eigenvalue weighted by Crippen LogP contribution is -2.07. The number of benzene rings is 1. The van der Waals surface area contributed by atoms with Crippen molar-refractivity contribution in [1.82, 2.24) is 0 Å². The zero-order valence-electron chi connectivity index (χ0n) is 9.87. The molecule has 0 atom stereocenters. The lowest BCUT2D eigenvalue weighted by molar-refractivity contribution is 0.102. The smallest absolute Gasteiger partial charge is 0.188 e. The number of allylic oxidation sites excluding steroid dienone is 2. The molecular weight excluding hydrogens is 212 g/mol. The SMILES string of the molecule is O=C(C1=CCCCC1)c1ccc2c(c1)COC2. The van der Waals surface area contributed by atoms with Crippen LogP contribution in [0.3, 0.4) is 0 Å². The van der Waals surface area contributed by atoms with Gasteiger partial charge in [0.2, 0.25) is 0 Å². The number of ether oxygens (including phenoxy) is 1. The highest BCUT2D eigenvalue weighted by atomic mass is 16.5. The molecule has 1 aliphatic heterocycles. The van der Waals surface area contributed by atoms with Crippen molar-refractivity contribution in [3.8, 4) is 0 Å². The Kier molecular flexibility index (Phi) is 2.81. The van der Waals surface area contributed by atoms with E-state index in [9.17, 15) is 4.79 Å². The van der Waals surface area contributed by atoms with Crippen LogP contribution in [0.25, 0.3) is 0 Å². The van der Waals surface area contributed by atoms with Gasteiger partial charge in [-0.15, -0.1) is 0 Å². The van der Waals surface area contributed by atoms with Crippen LogP contribution in [0.4, 0.5) is 0 Å². The first kappa shape index (κ1) is 10.7. The summed E-state index contributed by atoms with van der Waals surface area (Å²) in [6.07, 6.45) is 6.46. The van der Waals surface area contributed by atoms with Gasteiger partial charge in [-0.1, -0.05) is 18.2 Å². The van der Waals surface area contributed by atoms with Crippen LogP contribution in [0.1, 0.15) is 47.2 Å². The van der Waals surface area contributed by atoms with Gasteiger partial charge in [-0.3, -0.25) is 4.79 Å². The third-order valence-corrected chi connectivity index (χ3v) is 3.57. The van der Waals surface area contributed by atoms with Crippen LogP contribution in [0.2, 0.25) is 0 Å². The first-order valence-corrected chi connectivity index (χ1v) is 6.28. The molecule has 0 amide bonds. The van der Waals surface area contributed by atoms with Gasteiger partial charge in [0, 0.05) is 5.56 Å². The minimum Gasteiger partial charge on any atom is -0.372 e. The van der Waals surface area contributed by atoms with Gasteiger partial charge < -0.3 is 4.74 Å². The van der Waals surface area contributed by atoms with Crippen LogP contribution >= 0.6 is 0 Å². The summed E-state index contributed by atoms with van der Waals surface area (Å²) in [5, 5.41) is 0. The van der Waals surface area contributed by atoms with Gasteiger partial charge in [-0.2, -0.15) is 0 Å². The van der Waals surface area contributed by atoms with Gasteiger partial charge in [-0.05, 0) is 48.4 Å². The van der Waals surface area contributed by atoms with Gasteiger partial charge in [0.05, 0.1) is 13.2 Å². The third-order valence-electron chi connectivity index (χ3n) is 3.57. The maximum absolute atomic E-state index is 12.3. The summed E-state index contributed by atoms with van der Waals surface area (Å²) in [7, 11) is 0. The third kappa shape index (κ3) is 2.05. The summed E-state index contributed by atoms with van der Waals surface area (Å²) >= 11 is 0. The van der Waals surface area contributed by atoms with Crippen LogP contribution in [0, 0.1) is 0 Å². The van der Waals surface area contributed by atoms with E-state index in [0.717, 1.165) is 30.4 Å². The van der Waals surface area contributed by atoms with Crippen molar-refractivity contribution in [2.45, 2.75) is 38.9 Å². The van der Waals surface area contributed by atoms with Crippen molar-refractivity contribution < 1.29 is 9.53 Å². The molecular formula is C15H16O2. The number of ketones is 1. The van der Waals surface area contributed by atoms with E-state index in [2.05, 4.69) is 6.08 Å². The Morgan fingerprint density at radius 3 is 2.82 bits per heavy atom. The molecule has 1 aromatic carbocycles. The molecule has 0 fully saturated rings. The lowest BCUT2D eigenvalue weighted by Gasteiger charge is -2.12. The minimum absolute atomic E-state index is 0.208. The normalized spacial score (nSPS) is 18.7. The largest absolute Gasteiger partial charge is 0.372 e. The predicted molar refractivity (Wildman–Crippen MR) is 65.8 cm³/mol. The first-order chi connectivity index (χ1) is 8.34. The Hall–Kier alpha value is -1.41. The van der Waals surface area contributed by atoms with Crippen LogP contribution in [-0.2, 0) is 18.0 Å². The molecule has 0 radical (unpaired) electrons. The van der Waals surface area contributed by atoms with Crippen LogP contribution in [0.15, 0.2) is 29.8 Å². The predicted octanol–water partition coefficient (Wildman–Crippen LogP) is 3.40. The highest BCUT2D eigenvalue weighted by molar-refractivity contribution is 6.08. The molecule has 1 aromatic rings. The monoisotopic (exact) mass is 228 g/mol. The topological polar surface area (TPSA) is 26.3 Å². The van der Waals surface area contributed by atoms with E-state index in [0.29, 0.717) is 13.2 Å². The molecule has 3 rings (SSSR count). The molecule has 2 nitrogen and oxygen atoms in total. The number of carbonyl (C=O) groups excluding carboxylic acids is 1. The Balaban J connectivity index is 1.88. The molecule has 0 aromatic heterocycles. The van der Waals surface area contributed by atoms with Crippen molar-refractivity contribution in [2.75, 3.05) is 0 Å². The van der Waals surface area contributed by atoms with Crippen LogP contribution in [0.5, 0.6) is 0 Å². The van der Waals surface area contributed by atoms with Gasteiger partial charge in [-0.25, -0.2) is 0 Å². The number of hydrogen-bond donors (Lipinski definition) is 0. The van der Waals surface area contributed by atoms with Crippen LogP contribution < -0.4 is 0 Å². The molecule has 0 saturated heterocycles. The second-order valence-electron chi connectivity index (χ2n) is 4.78. The van der Waals surface area contributed by atoms with Gasteiger partial charge in [0.1, 0.15) is 0 Å². The summed E-state index contributed by atoms with van der Waals surface area (Å²) in [5.41, 5.74) is 4.21. The average molecular weight is 228 g/mol. The first-order valence-electron chi connectivity index (χ1n) is 6.28. The molecule has 0 spiro atoms. The van der Waals surface area contributed by atoms with Crippen molar-refractivity contribution in [3.05, 3.63) is 46.5 Å². The number of Topliss-reactive ketones (excluding diaryl/α,β-unsaturated/α-hetero) is 1. The molecule has 17 heavy (non-hydrogen) atoms. The molecule has 0 unspecified atom stereocenters. The quantitative estimate of drug-likeness (QED) is 0.725. The average Bonchev–Trinajstić information content (AvgIpc) is 2.86. The molecule has 0 N–H and O–H groups in total. The zero-order valence-corrected chi connectivity index (χ0v) is 9.87. The van der Waals surface area contributed by atoms with E-state index in [1.807, 2.05) is 18.2 Å². The summed E-state index contributed by atoms with van der Waals surface area (Å²) in [6.45, 7) is 1.34. The summed E-state index contributed by atoms with van der Waals surface area (Å²) in [4.78, 5) is 12.3. The maximum Gasteiger partial charge on any atom is 0.188 e. The minimum atomic E-state index is 0.208. The van der Waals surface area contributed by atoms with E-state index in [1.165, 1.54) is 17.5 Å². The Morgan fingerprint density at radius 1 is 1.12 bits per heavy atom. The summed E-state index contributed by atoms with van der Waals surface area (Å²) < 4.78 is 5.37. The Labute approximate surface area is 101 Å². The number of rotatable bonds is 2. The fraction of sp³-hybridized carbons (Fsp3) is 0.400. The fourth-order valence-corrected chi connectivity index (χ4v) is 2.54. The molecule has 1 aliphatic carbocycles. The highest BCUT2D eigenvalue weighted by Gasteiger charge is 2.17. The molecule has 2 heteroatoms. The fourth-order valence-electron chi connectivity index (χ4n) is 2.54. The molecule has 88 valence electrons. The van der Waals surface area contributed by atoms with E-state index < -0.39 is 0 Å². The van der Waals surface area contributed by atoms with Crippen molar-refractivity contribution in [2.24, 2.45) is 0 Å². The van der Waals surface area contributed by atoms with E-state index in [-0.39, 0.29) is 5.78 Å². The van der Waals surface area contributed by atoms with E-state index in [4.69, 9.17) is 4.74 Å². The van der Waals surface area contributed by atoms with Crippen molar-refractivity contribution in [1.29, 1.82) is 0 Å². The number of fused-ring (bicyclic) bond motifs is 1. The lowest BCUT2D eigenvalue weighted by atomic mass is 9.92. The second kappa shape index (κ2) is 4.46. The van der Waals surface area contributed by atoms with Gasteiger partial charge in [0.15, 0.2) is 5.78 Å². The second-order valence-corrected chi connectivity index (χ2v) is 4.78. The van der Waals surface area contributed by atoms with Gasteiger partial charge >= 0.3 is 0 Å². The molecule has 2 aliphatic rings. The highest BCUT2D eigenvalue weighted by Crippen LogP contribution is 2.25. The van der Waals surface area contributed by atoms with Crippen molar-refractivity contribution in [3.63, 3.8) is 0 Å². The molecule has 0 bridgehead atoms. The zero-order chi connectivity index (χ0) is 11.7. The van der Waals surface area contributed by atoms with Crippen LogP contribution in [-0.4, -0.2) is 5.78 Å². The number of hydrogen-bond acceptors (Lipinski definition) is 2. The maximum atomic E-state index is 12.3. The van der Waals surface area contributed by atoms with Gasteiger partial charge in [0.25, 0.3) is 0 Å². The summed E-state index contributed by atoms with van der Waals surface area (Å²) in [5.74, 6) is 0.208. The molecule has 1 heterocycles. The number of carbonyl (C=O) groups is 1. The van der Waals surface area contributed by atoms with E-state index >= 15 is 0 Å². The summed E-state index contributed by atoms with van der Waals surface area (Å²) in [6, 6.07) is 5.96. The standard InChI is InChI=1S/C15H16O2/c16-15(11-4-2-1-3-5-11)12-6-7-13-9-17-10-14(13)8-12/h4,6-8H,1-3,5,9-10H2. The Bertz CT molecular complexity index is 486. The van der Waals surface area contributed by atoms with Crippen molar-refractivity contribution >= 4 is 5.78 Å². The molecule has 0 saturated carbocycles. The Morgan fingerprint density at radius 2 is 2.00 bits per heavy atom. The van der Waals surface area contributed by atoms with E-state index in [1.54, 1.807) is 0 Å².